The highest BCUT2D eigenvalue weighted by Crippen LogP contribution is 2.24. The summed E-state index contributed by atoms with van der Waals surface area (Å²) in [7, 11) is -4.94. The Morgan fingerprint density at radius 1 is 0.903 bits per heavy atom. The van der Waals surface area contributed by atoms with E-state index in [0.29, 0.717) is 5.58 Å². The Labute approximate surface area is 188 Å². The molecule has 4 rings (SSSR count). The van der Waals surface area contributed by atoms with Crippen LogP contribution < -0.4 is 29.0 Å². The zero-order valence-corrected chi connectivity index (χ0v) is 18.5. The molecule has 0 fully saturated rings. The minimum absolute atomic E-state index is 0.202. The van der Waals surface area contributed by atoms with Gasteiger partial charge in [0.05, 0.1) is 11.5 Å². The zero-order chi connectivity index (χ0) is 22.6. The second-order valence-corrected chi connectivity index (χ2v) is 8.15. The standard InChI is InChI=1S/C22H16BrNO2.ClHO4/c1-14-7-8-16(11-19(14)23)24-20-13-22(15-5-3-2-4-6-15)26-21-10-9-17(25)12-18(20)21;2-1(3,4)5/h2-13,25H,1H3;(H,2,3,4,5). The number of hydrogen-bond acceptors (Lipinski definition) is 6. The van der Waals surface area contributed by atoms with Crippen LogP contribution in [0.3, 0.4) is 0 Å². The van der Waals surface area contributed by atoms with Crippen LogP contribution in [0.2, 0.25) is 0 Å². The molecule has 9 heteroatoms. The Bertz CT molecular complexity index is 1260. The van der Waals surface area contributed by atoms with Crippen LogP contribution in [0, 0.1) is 17.2 Å². The van der Waals surface area contributed by atoms with Crippen molar-refractivity contribution >= 4 is 32.6 Å². The number of rotatable bonds is 2. The van der Waals surface area contributed by atoms with Gasteiger partial charge in [-0.1, -0.05) is 52.3 Å². The van der Waals surface area contributed by atoms with Gasteiger partial charge in [0, 0.05) is 22.2 Å². The molecule has 3 aromatic carbocycles. The summed E-state index contributed by atoms with van der Waals surface area (Å²) in [5.41, 5.74) is 3.83. The maximum atomic E-state index is 9.91. The van der Waals surface area contributed by atoms with Crippen LogP contribution in [0.4, 0.5) is 5.69 Å². The fraction of sp³-hybridized carbons (Fsp3) is 0.0455. The van der Waals surface area contributed by atoms with Crippen LogP contribution in [-0.2, 0) is 0 Å². The first kappa shape index (κ1) is 23.0. The number of benzene rings is 3. The molecule has 4 aromatic rings. The van der Waals surface area contributed by atoms with Crippen molar-refractivity contribution in [2.75, 3.05) is 0 Å². The third-order valence-corrected chi connectivity index (χ3v) is 5.11. The van der Waals surface area contributed by atoms with Gasteiger partial charge in [-0.25, -0.2) is 23.6 Å². The Morgan fingerprint density at radius 2 is 1.58 bits per heavy atom. The topological polar surface area (TPSA) is 140 Å². The lowest BCUT2D eigenvalue weighted by Crippen LogP contribution is -2.70. The molecular weight excluding hydrogens is 490 g/mol. The largest absolute Gasteiger partial charge is 0.508 e. The second kappa shape index (κ2) is 9.61. The van der Waals surface area contributed by atoms with Crippen molar-refractivity contribution in [1.29, 1.82) is 0 Å². The Balaban J connectivity index is 0.000000491. The first-order chi connectivity index (χ1) is 14.6. The van der Waals surface area contributed by atoms with E-state index in [1.54, 1.807) is 18.2 Å². The molecule has 0 aliphatic carbocycles. The molecule has 0 unspecified atom stereocenters. The lowest BCUT2D eigenvalue weighted by Gasteiger charge is -2.17. The number of halogens is 2. The minimum atomic E-state index is -4.94. The van der Waals surface area contributed by atoms with Gasteiger partial charge >= 0.3 is 0 Å². The van der Waals surface area contributed by atoms with Crippen LogP contribution in [-0.4, -0.2) is 5.11 Å². The summed E-state index contributed by atoms with van der Waals surface area (Å²) in [6.45, 7) is 2.05. The maximum Gasteiger partial charge on any atom is 0.218 e. The third-order valence-electron chi connectivity index (χ3n) is 4.26. The van der Waals surface area contributed by atoms with E-state index < -0.39 is 10.2 Å². The van der Waals surface area contributed by atoms with Crippen molar-refractivity contribution in [2.45, 2.75) is 6.92 Å². The quantitative estimate of drug-likeness (QED) is 0.373. The number of hydrogen-bond donors (Lipinski definition) is 2. The predicted molar refractivity (Wildman–Crippen MR) is 106 cm³/mol. The summed E-state index contributed by atoms with van der Waals surface area (Å²) < 4.78 is 41.1. The summed E-state index contributed by atoms with van der Waals surface area (Å²) >= 11 is 3.57. The smallest absolute Gasteiger partial charge is 0.218 e. The Kier molecular flexibility index (Phi) is 7.11. The van der Waals surface area contributed by atoms with Gasteiger partial charge in [0.25, 0.3) is 0 Å². The van der Waals surface area contributed by atoms with Gasteiger partial charge in [-0.15, -0.1) is 10.2 Å². The summed E-state index contributed by atoms with van der Waals surface area (Å²) in [6, 6.07) is 23.2. The molecule has 0 radical (unpaired) electrons. The van der Waals surface area contributed by atoms with Crippen molar-refractivity contribution in [3.8, 4) is 17.1 Å². The molecular formula is C22H17BrClNO6. The van der Waals surface area contributed by atoms with Gasteiger partial charge in [0.15, 0.2) is 0 Å². The molecule has 0 saturated heterocycles. The zero-order valence-electron chi connectivity index (χ0n) is 16.2. The van der Waals surface area contributed by atoms with Crippen molar-refractivity contribution in [3.05, 3.63) is 88.2 Å². The molecule has 0 aliphatic heterocycles. The molecule has 0 atom stereocenters. The van der Waals surface area contributed by atoms with Gasteiger partial charge < -0.3 is 9.52 Å². The molecule has 1 heterocycles. The second-order valence-electron chi connectivity index (χ2n) is 6.54. The molecule has 0 aliphatic rings. The molecule has 0 amide bonds. The van der Waals surface area contributed by atoms with Gasteiger partial charge in [-0.3, -0.25) is 0 Å². The average molecular weight is 507 g/mol. The van der Waals surface area contributed by atoms with E-state index in [9.17, 15) is 5.11 Å². The first-order valence-corrected chi connectivity index (χ1v) is 10.9. The minimum Gasteiger partial charge on any atom is -0.508 e. The molecule has 0 bridgehead atoms. The first-order valence-electron chi connectivity index (χ1n) is 8.90. The van der Waals surface area contributed by atoms with Crippen molar-refractivity contribution in [3.63, 3.8) is 0 Å². The van der Waals surface area contributed by atoms with Gasteiger partial charge in [0.1, 0.15) is 17.1 Å². The normalized spacial score (nSPS) is 11.9. The van der Waals surface area contributed by atoms with E-state index in [1.165, 1.54) is 5.56 Å². The number of nitrogens with one attached hydrogen (secondary N) is 1. The number of aromatic hydroxyl groups is 1. The molecule has 7 nitrogen and oxygen atoms in total. The van der Waals surface area contributed by atoms with Crippen LogP contribution in [0.5, 0.6) is 5.75 Å². The van der Waals surface area contributed by atoms with Crippen molar-refractivity contribution in [1.82, 2.24) is 0 Å². The molecule has 2 N–H and O–H groups in total. The van der Waals surface area contributed by atoms with Crippen LogP contribution in [0.25, 0.3) is 22.3 Å². The predicted octanol–water partition coefficient (Wildman–Crippen LogP) is -0.567. The highest BCUT2D eigenvalue weighted by atomic mass is 79.9. The lowest BCUT2D eigenvalue weighted by atomic mass is 10.1. The SMILES string of the molecule is Cc1ccc([NH+]=c2cc(-c3ccccc3)oc3ccc(O)cc23)cc1Br.[O-][Cl+3]([O-])([O-])[O-]. The summed E-state index contributed by atoms with van der Waals surface area (Å²) in [4.78, 5) is 3.45. The van der Waals surface area contributed by atoms with Gasteiger partial charge in [-0.05, 0) is 30.7 Å². The molecule has 160 valence electrons. The highest BCUT2D eigenvalue weighted by Gasteiger charge is 2.11. The Hall–Kier alpha value is -2.72. The Morgan fingerprint density at radius 3 is 2.23 bits per heavy atom. The number of aryl methyl sites for hydroxylation is 1. The number of phenolic OH excluding ortho intramolecular Hbond substituents is 1. The van der Waals surface area contributed by atoms with E-state index in [0.717, 1.165) is 32.2 Å². The number of fused-ring (bicyclic) bond motifs is 1. The fourth-order valence-electron chi connectivity index (χ4n) is 2.85. The summed E-state index contributed by atoms with van der Waals surface area (Å²) in [5.74, 6) is 0.964. The summed E-state index contributed by atoms with van der Waals surface area (Å²) in [6.07, 6.45) is 0. The lowest BCUT2D eigenvalue weighted by molar-refractivity contribution is -2.00. The molecule has 0 saturated carbocycles. The van der Waals surface area contributed by atoms with E-state index in [-0.39, 0.29) is 5.75 Å². The van der Waals surface area contributed by atoms with E-state index in [1.807, 2.05) is 48.5 Å². The van der Waals surface area contributed by atoms with Crippen LogP contribution in [0.15, 0.2) is 81.7 Å². The van der Waals surface area contributed by atoms with Crippen LogP contribution >= 0.6 is 15.9 Å². The third kappa shape index (κ3) is 6.63. The summed E-state index contributed by atoms with van der Waals surface area (Å²) in [5, 5.41) is 11.6. The van der Waals surface area contributed by atoms with Gasteiger partial charge in [0.2, 0.25) is 11.0 Å². The van der Waals surface area contributed by atoms with Gasteiger partial charge in [-0.2, -0.15) is 0 Å². The van der Waals surface area contributed by atoms with E-state index >= 15 is 0 Å². The van der Waals surface area contributed by atoms with Crippen LogP contribution in [0.1, 0.15) is 5.56 Å². The molecule has 31 heavy (non-hydrogen) atoms. The van der Waals surface area contributed by atoms with E-state index in [4.69, 9.17) is 23.1 Å². The molecule has 1 aromatic heterocycles. The van der Waals surface area contributed by atoms with Crippen molar-refractivity contribution in [2.24, 2.45) is 0 Å². The van der Waals surface area contributed by atoms with Crippen molar-refractivity contribution < 1.29 is 43.4 Å². The van der Waals surface area contributed by atoms with E-state index in [2.05, 4.69) is 33.9 Å². The molecule has 0 spiro atoms. The average Bonchev–Trinajstić information content (AvgIpc) is 2.70. The fourth-order valence-corrected chi connectivity index (χ4v) is 3.23. The maximum absolute atomic E-state index is 9.91. The highest BCUT2D eigenvalue weighted by molar-refractivity contribution is 9.10. The number of phenols is 1. The monoisotopic (exact) mass is 505 g/mol.